The molecule has 2 aromatic rings. The Morgan fingerprint density at radius 2 is 1.52 bits per heavy atom. The standard InChI is InChI=1S/C33H41N9O4/c1-34-13-17-40(18-14-35-2)19-15-36-30(43)24-38(3)31(44)12-16-39-20-22-41(23-21-39)25-32(45)42-28-10-6-4-8-26(28)33(46)37-27-9-5-7-11-29(27)42/h4-11H,12-25H2,3H3,(H,36,43)(H,37,46). The SMILES string of the molecule is [C-]#[N+]CCN(CC[N+]#[C-])CCNC(=O)CN(C)C(=O)CCN1CCN(CC(=O)N2c3ccccc3NC(=O)c3ccccc32)CC1. The van der Waals surface area contributed by atoms with Gasteiger partial charge in [0.2, 0.25) is 30.8 Å². The average molecular weight is 628 g/mol. The predicted octanol–water partition coefficient (Wildman–Crippen LogP) is 1.64. The zero-order valence-corrected chi connectivity index (χ0v) is 26.3. The smallest absolute Gasteiger partial charge is 0.257 e. The van der Waals surface area contributed by atoms with Crippen molar-refractivity contribution in [1.29, 1.82) is 0 Å². The van der Waals surface area contributed by atoms with E-state index in [9.17, 15) is 19.2 Å². The van der Waals surface area contributed by atoms with Gasteiger partial charge in [0.1, 0.15) is 0 Å². The molecule has 2 heterocycles. The number of rotatable bonds is 14. The minimum absolute atomic E-state index is 0.0390. The quantitative estimate of drug-likeness (QED) is 0.306. The van der Waals surface area contributed by atoms with Gasteiger partial charge in [-0.3, -0.25) is 33.9 Å². The molecule has 0 bridgehead atoms. The average Bonchev–Trinajstić information content (AvgIpc) is 3.18. The summed E-state index contributed by atoms with van der Waals surface area (Å²) in [6.07, 6.45) is 0.284. The maximum atomic E-state index is 13.7. The zero-order valence-electron chi connectivity index (χ0n) is 26.3. The molecule has 0 aromatic heterocycles. The Labute approximate surface area is 270 Å². The van der Waals surface area contributed by atoms with Gasteiger partial charge in [0.05, 0.1) is 48.8 Å². The molecular formula is C33H41N9O4. The highest BCUT2D eigenvalue weighted by atomic mass is 16.2. The lowest BCUT2D eigenvalue weighted by Gasteiger charge is -2.35. The highest BCUT2D eigenvalue weighted by molar-refractivity contribution is 6.17. The van der Waals surface area contributed by atoms with E-state index in [-0.39, 0.29) is 43.1 Å². The fourth-order valence-corrected chi connectivity index (χ4v) is 5.53. The Bertz CT molecular complexity index is 1460. The van der Waals surface area contributed by atoms with E-state index in [1.54, 1.807) is 36.2 Å². The van der Waals surface area contributed by atoms with Crippen LogP contribution in [-0.2, 0) is 14.4 Å². The van der Waals surface area contributed by atoms with Crippen LogP contribution in [0.2, 0.25) is 0 Å². The summed E-state index contributed by atoms with van der Waals surface area (Å²) in [5.74, 6) is -0.749. The number of hydrogen-bond donors (Lipinski definition) is 2. The number of fused-ring (bicyclic) bond motifs is 2. The van der Waals surface area contributed by atoms with E-state index < -0.39 is 0 Å². The van der Waals surface area contributed by atoms with Crippen molar-refractivity contribution in [1.82, 2.24) is 24.9 Å². The third-order valence-electron chi connectivity index (χ3n) is 8.11. The van der Waals surface area contributed by atoms with E-state index in [0.717, 1.165) is 0 Å². The molecule has 0 saturated carbocycles. The molecule has 0 radical (unpaired) electrons. The van der Waals surface area contributed by atoms with E-state index in [1.165, 1.54) is 4.90 Å². The molecule has 1 fully saturated rings. The van der Waals surface area contributed by atoms with Gasteiger partial charge in [0.25, 0.3) is 5.91 Å². The number of benzene rings is 2. The number of amides is 4. The van der Waals surface area contributed by atoms with Crippen LogP contribution >= 0.6 is 0 Å². The van der Waals surface area contributed by atoms with Crippen LogP contribution in [0.5, 0.6) is 0 Å². The maximum absolute atomic E-state index is 13.7. The molecule has 2 aliphatic rings. The van der Waals surface area contributed by atoms with E-state index >= 15 is 0 Å². The number of likely N-dealkylation sites (N-methyl/N-ethyl adjacent to an activating group) is 1. The Hall–Kier alpha value is -4.82. The lowest BCUT2D eigenvalue weighted by atomic mass is 10.1. The molecule has 2 N–H and O–H groups in total. The van der Waals surface area contributed by atoms with Crippen LogP contribution in [0.25, 0.3) is 9.69 Å². The maximum Gasteiger partial charge on any atom is 0.257 e. The minimum atomic E-state index is -0.252. The summed E-state index contributed by atoms with van der Waals surface area (Å²) in [6.45, 7) is 20.1. The van der Waals surface area contributed by atoms with Crippen molar-refractivity contribution in [3.8, 4) is 0 Å². The number of piperazine rings is 1. The Morgan fingerprint density at radius 3 is 2.22 bits per heavy atom. The summed E-state index contributed by atoms with van der Waals surface area (Å²) in [7, 11) is 1.62. The molecule has 13 nitrogen and oxygen atoms in total. The largest absolute Gasteiger partial charge is 0.353 e. The first-order valence-electron chi connectivity index (χ1n) is 15.5. The van der Waals surface area contributed by atoms with Crippen molar-refractivity contribution in [2.75, 3.05) is 102 Å². The predicted molar refractivity (Wildman–Crippen MR) is 176 cm³/mol. The van der Waals surface area contributed by atoms with Crippen LogP contribution < -0.4 is 15.5 Å². The van der Waals surface area contributed by atoms with Gasteiger partial charge < -0.3 is 30.1 Å². The van der Waals surface area contributed by atoms with Crippen molar-refractivity contribution in [2.24, 2.45) is 0 Å². The topological polar surface area (TPSA) is 117 Å². The number of carbonyl (C=O) groups is 4. The van der Waals surface area contributed by atoms with Gasteiger partial charge in [0.15, 0.2) is 0 Å². The van der Waals surface area contributed by atoms with Crippen LogP contribution in [0.1, 0.15) is 16.8 Å². The Kier molecular flexibility index (Phi) is 12.6. The lowest BCUT2D eigenvalue weighted by Crippen LogP contribution is -2.50. The van der Waals surface area contributed by atoms with Gasteiger partial charge in [-0.2, -0.15) is 0 Å². The third-order valence-corrected chi connectivity index (χ3v) is 8.11. The van der Waals surface area contributed by atoms with Gasteiger partial charge in [-0.05, 0) is 24.3 Å². The monoisotopic (exact) mass is 627 g/mol. The molecule has 2 aromatic carbocycles. The van der Waals surface area contributed by atoms with Gasteiger partial charge in [-0.15, -0.1) is 0 Å². The molecule has 4 amide bonds. The van der Waals surface area contributed by atoms with Crippen molar-refractivity contribution in [3.05, 3.63) is 76.9 Å². The number of para-hydroxylation sites is 3. The summed E-state index contributed by atoms with van der Waals surface area (Å²) in [5, 5.41) is 5.74. The molecule has 13 heteroatoms. The molecule has 4 rings (SSSR count). The first kappa shape index (κ1) is 34.1. The summed E-state index contributed by atoms with van der Waals surface area (Å²) in [5.41, 5.74) is 2.22. The second-order valence-electron chi connectivity index (χ2n) is 11.3. The molecule has 46 heavy (non-hydrogen) atoms. The Balaban J connectivity index is 1.20. The van der Waals surface area contributed by atoms with Gasteiger partial charge in [0, 0.05) is 59.3 Å². The van der Waals surface area contributed by atoms with Gasteiger partial charge >= 0.3 is 0 Å². The van der Waals surface area contributed by atoms with Crippen molar-refractivity contribution in [3.63, 3.8) is 0 Å². The molecule has 0 atom stereocenters. The molecule has 0 spiro atoms. The molecule has 0 aliphatic carbocycles. The van der Waals surface area contributed by atoms with Crippen molar-refractivity contribution < 1.29 is 19.2 Å². The van der Waals surface area contributed by atoms with Crippen LogP contribution in [0.4, 0.5) is 17.1 Å². The molecule has 242 valence electrons. The van der Waals surface area contributed by atoms with E-state index in [1.807, 2.05) is 29.2 Å². The van der Waals surface area contributed by atoms with Crippen molar-refractivity contribution >= 4 is 40.7 Å². The first-order chi connectivity index (χ1) is 22.3. The molecule has 2 aliphatic heterocycles. The number of hydrogen-bond acceptors (Lipinski definition) is 7. The highest BCUT2D eigenvalue weighted by Gasteiger charge is 2.30. The summed E-state index contributed by atoms with van der Waals surface area (Å²) in [4.78, 5) is 67.7. The number of nitrogens with zero attached hydrogens (tertiary/aromatic N) is 7. The fourth-order valence-electron chi connectivity index (χ4n) is 5.53. The van der Waals surface area contributed by atoms with E-state index in [2.05, 4.69) is 30.1 Å². The molecule has 0 unspecified atom stereocenters. The van der Waals surface area contributed by atoms with Gasteiger partial charge in [-0.1, -0.05) is 24.3 Å². The van der Waals surface area contributed by atoms with Crippen LogP contribution in [0, 0.1) is 13.1 Å². The highest BCUT2D eigenvalue weighted by Crippen LogP contribution is 2.37. The summed E-state index contributed by atoms with van der Waals surface area (Å²) in [6, 6.07) is 14.4. The van der Waals surface area contributed by atoms with Gasteiger partial charge in [-0.25, -0.2) is 13.1 Å². The minimum Gasteiger partial charge on any atom is -0.353 e. The first-order valence-corrected chi connectivity index (χ1v) is 15.5. The fraction of sp³-hybridized carbons (Fsp3) is 0.455. The lowest BCUT2D eigenvalue weighted by molar-refractivity contribution is -0.135. The van der Waals surface area contributed by atoms with Crippen molar-refractivity contribution in [2.45, 2.75) is 6.42 Å². The van der Waals surface area contributed by atoms with E-state index in [0.29, 0.717) is 94.6 Å². The van der Waals surface area contributed by atoms with E-state index in [4.69, 9.17) is 13.1 Å². The van der Waals surface area contributed by atoms with Crippen LogP contribution in [0.15, 0.2) is 48.5 Å². The second-order valence-corrected chi connectivity index (χ2v) is 11.3. The Morgan fingerprint density at radius 1 is 0.891 bits per heavy atom. The molecule has 1 saturated heterocycles. The second kappa shape index (κ2) is 17.0. The normalized spacial score (nSPS) is 14.7. The zero-order chi connectivity index (χ0) is 32.9. The number of carbonyl (C=O) groups excluding carboxylic acids is 4. The molecular weight excluding hydrogens is 586 g/mol. The number of anilines is 3. The third kappa shape index (κ3) is 9.34. The summed E-state index contributed by atoms with van der Waals surface area (Å²) >= 11 is 0. The number of nitrogens with one attached hydrogen (secondary N) is 2. The van der Waals surface area contributed by atoms with Crippen LogP contribution in [-0.4, -0.2) is 135 Å². The van der Waals surface area contributed by atoms with Crippen LogP contribution in [0.3, 0.4) is 0 Å². The summed E-state index contributed by atoms with van der Waals surface area (Å²) < 4.78 is 0.